The molecule has 0 heterocycles. The van der Waals surface area contributed by atoms with Gasteiger partial charge in [-0.1, -0.05) is 0 Å². The van der Waals surface area contributed by atoms with Crippen molar-refractivity contribution < 1.29 is 15.4 Å². The predicted octanol–water partition coefficient (Wildman–Crippen LogP) is 5.98. The second-order valence-electron chi connectivity index (χ2n) is 8.52. The van der Waals surface area contributed by atoms with Crippen molar-refractivity contribution in [3.63, 3.8) is 0 Å². The number of fused-ring (bicyclic) bond motifs is 2. The van der Waals surface area contributed by atoms with Crippen molar-refractivity contribution in [3.8, 4) is 0 Å². The third kappa shape index (κ3) is 3.39. The molecule has 0 spiro atoms. The summed E-state index contributed by atoms with van der Waals surface area (Å²) >= 11 is -2.23. The molecule has 2 aliphatic carbocycles. The first-order valence-electron chi connectivity index (χ1n) is 9.73. The molecule has 0 fully saturated rings. The van der Waals surface area contributed by atoms with Crippen molar-refractivity contribution in [1.29, 1.82) is 0 Å². The molecule has 29 heavy (non-hydrogen) atoms. The van der Waals surface area contributed by atoms with Gasteiger partial charge >= 0.3 is 168 Å². The first-order chi connectivity index (χ1) is 13.1. The molecule has 3 aromatic rings. The molecule has 148 valence electrons. The van der Waals surface area contributed by atoms with Crippen LogP contribution in [0.5, 0.6) is 0 Å². The summed E-state index contributed by atoms with van der Waals surface area (Å²) in [6.07, 6.45) is 9.85. The Morgan fingerprint density at radius 2 is 1.03 bits per heavy atom. The zero-order chi connectivity index (χ0) is 18.5. The van der Waals surface area contributed by atoms with Gasteiger partial charge in [-0.15, -0.1) is 24.8 Å². The van der Waals surface area contributed by atoms with Gasteiger partial charge in [0.15, 0.2) is 0 Å². The molecule has 0 nitrogen and oxygen atoms in total. The van der Waals surface area contributed by atoms with Crippen LogP contribution in [0.15, 0.2) is 91.0 Å². The molecule has 0 bridgehead atoms. The van der Waals surface area contributed by atoms with Crippen LogP contribution >= 0.6 is 24.8 Å². The zero-order valence-corrected chi connectivity index (χ0v) is 24.7. The fourth-order valence-corrected chi connectivity index (χ4v) is 42.4. The van der Waals surface area contributed by atoms with E-state index in [0.717, 1.165) is 0 Å². The number of halogens is 2. The molecule has 2 atom stereocenters. The van der Waals surface area contributed by atoms with Gasteiger partial charge in [0.1, 0.15) is 0 Å². The van der Waals surface area contributed by atoms with E-state index < -0.39 is 15.4 Å². The molecule has 3 aromatic carbocycles. The minimum atomic E-state index is -3.63. The molecule has 2 unspecified atom stereocenters. The second kappa shape index (κ2) is 8.34. The average molecular weight is 648 g/mol. The summed E-state index contributed by atoms with van der Waals surface area (Å²) in [6.45, 7) is 0. The third-order valence-corrected chi connectivity index (χ3v) is 52.2. The normalized spacial score (nSPS) is 19.1. The van der Waals surface area contributed by atoms with Gasteiger partial charge in [-0.2, -0.15) is 0 Å². The van der Waals surface area contributed by atoms with Crippen LogP contribution in [0.4, 0.5) is 0 Å². The second-order valence-corrected chi connectivity index (χ2v) is 63.3. The van der Waals surface area contributed by atoms with Crippen LogP contribution in [0.2, 0.25) is 4.68 Å². The van der Waals surface area contributed by atoms with Gasteiger partial charge < -0.3 is 0 Å². The van der Waals surface area contributed by atoms with Crippen LogP contribution in [0, 0.1) is 0 Å². The summed E-state index contributed by atoms with van der Waals surface area (Å²) in [6, 6.07) is 29.6. The molecule has 5 rings (SSSR count). The van der Waals surface area contributed by atoms with Gasteiger partial charge in [-0.3, -0.25) is 0 Å². The fourth-order valence-electron chi connectivity index (χ4n) is 5.37. The van der Waals surface area contributed by atoms with Gasteiger partial charge in [-0.05, 0) is 0 Å². The van der Waals surface area contributed by atoms with E-state index in [1.807, 2.05) is 0 Å². The Morgan fingerprint density at radius 1 is 0.621 bits per heavy atom. The summed E-state index contributed by atoms with van der Waals surface area (Å²) in [5, 5.41) is 0. The van der Waals surface area contributed by atoms with E-state index in [9.17, 15) is 0 Å². The Balaban J connectivity index is 0.00000120. The number of allylic oxidation sites excluding steroid dienone is 2. The van der Waals surface area contributed by atoms with Gasteiger partial charge in [-0.25, -0.2) is 0 Å². The van der Waals surface area contributed by atoms with E-state index in [1.54, 1.807) is 14.4 Å². The summed E-state index contributed by atoms with van der Waals surface area (Å²) < 4.78 is 5.57. The molecule has 0 aliphatic heterocycles. The quantitative estimate of drug-likeness (QED) is 0.307. The van der Waals surface area contributed by atoms with Gasteiger partial charge in [0, 0.05) is 0 Å². The van der Waals surface area contributed by atoms with Crippen molar-refractivity contribution >= 4 is 52.5 Å². The van der Waals surface area contributed by atoms with Gasteiger partial charge in [0.05, 0.1) is 0 Å². The summed E-state index contributed by atoms with van der Waals surface area (Å²) in [5.74, 6) is 0. The van der Waals surface area contributed by atoms with Crippen LogP contribution in [0.1, 0.15) is 29.6 Å². The number of hydrogen-bond donors (Lipinski definition) is 0. The first kappa shape index (κ1) is 22.8. The van der Waals surface area contributed by atoms with Crippen LogP contribution < -0.4 is 3.32 Å². The maximum atomic E-state index is 2.74. The molecule has 0 radical (unpaired) electrons. The number of rotatable bonds is 3. The van der Waals surface area contributed by atoms with Crippen LogP contribution in [-0.2, 0) is 15.4 Å². The van der Waals surface area contributed by atoms with E-state index in [0.29, 0.717) is 7.35 Å². The van der Waals surface area contributed by atoms with E-state index in [2.05, 4.69) is 108 Å². The minimum absolute atomic E-state index is 0. The van der Waals surface area contributed by atoms with E-state index in [-0.39, 0.29) is 24.8 Å². The Morgan fingerprint density at radius 3 is 1.52 bits per heavy atom. The number of hydrogen-bond acceptors (Lipinski definition) is 0. The third-order valence-electron chi connectivity index (χ3n) is 6.93. The van der Waals surface area contributed by atoms with E-state index in [4.69, 9.17) is 0 Å². The molecule has 0 saturated carbocycles. The summed E-state index contributed by atoms with van der Waals surface area (Å²) in [5.41, 5.74) is 5.96. The molecule has 4 heteroatoms. The fraction of sp³-hybridized carbons (Fsp3) is 0.120. The van der Waals surface area contributed by atoms with Gasteiger partial charge in [0.2, 0.25) is 0 Å². The van der Waals surface area contributed by atoms with E-state index in [1.165, 1.54) is 23.3 Å². The monoisotopic (exact) mass is 650 g/mol. The molecule has 2 aliphatic rings. The predicted molar refractivity (Wildman–Crippen MR) is 131 cm³/mol. The Bertz CT molecular complexity index is 1100. The SMILES string of the molecule is Cl.Cl.[CH3][Hf](=[GeH2])([c]1ccccc1)([CH]1C=Cc2ccccc21)[CH]1C=Cc2ccccc21. The Kier molecular flexibility index (Phi) is 6.56. The Hall–Kier alpha value is -0.867. The van der Waals surface area contributed by atoms with Crippen LogP contribution in [0.25, 0.3) is 12.2 Å². The standard InChI is InChI=1S/2C9H7.C6H5.CH3.2ClH.GeH2.Hf/c2*1-2-5-9-7-3-6-8(9)4-1;1-2-4-6-5-3-1;;;;;/h2*1-7H;1-5H;1H3;2*1H;1H2;. The molecule has 0 saturated heterocycles. The van der Waals surface area contributed by atoms with Crippen molar-refractivity contribution in [1.82, 2.24) is 0 Å². The van der Waals surface area contributed by atoms with Crippen molar-refractivity contribution in [2.24, 2.45) is 0 Å². The van der Waals surface area contributed by atoms with Crippen LogP contribution in [-0.4, -0.2) is 12.2 Å². The first-order valence-corrected chi connectivity index (χ1v) is 34.0. The van der Waals surface area contributed by atoms with Crippen molar-refractivity contribution in [2.45, 2.75) is 12.0 Å². The summed E-state index contributed by atoms with van der Waals surface area (Å²) in [7, 11) is 0. The van der Waals surface area contributed by atoms with Crippen molar-refractivity contribution in [2.75, 3.05) is 0 Å². The molecule has 0 amide bonds. The van der Waals surface area contributed by atoms with Crippen LogP contribution in [0.3, 0.4) is 0 Å². The molecule has 0 aromatic heterocycles. The summed E-state index contributed by atoms with van der Waals surface area (Å²) in [4.78, 5) is 0. The Labute approximate surface area is 191 Å². The zero-order valence-electron chi connectivity index (χ0n) is 16.5. The molecular formula is C25H26Cl2GeHf. The molecular weight excluding hydrogens is 622 g/mol. The maximum absolute atomic E-state index is 3.63. The van der Waals surface area contributed by atoms with E-state index >= 15 is 0 Å². The van der Waals surface area contributed by atoms with Gasteiger partial charge in [0.25, 0.3) is 0 Å². The average Bonchev–Trinajstić information content (AvgIpc) is 3.34. The number of benzene rings is 3. The topological polar surface area (TPSA) is 0 Å². The molecule has 0 N–H and O–H groups in total. The van der Waals surface area contributed by atoms with Crippen molar-refractivity contribution in [3.05, 3.63) is 113 Å².